The number of hydrogen-bond donors (Lipinski definition) is 1. The molecule has 0 radical (unpaired) electrons. The Balaban J connectivity index is 2.50. The number of likely N-dealkylation sites (N-methyl/N-ethyl adjacent to an activating group) is 1. The minimum atomic E-state index is 0.267. The van der Waals surface area contributed by atoms with Crippen molar-refractivity contribution in [1.82, 2.24) is 9.88 Å². The summed E-state index contributed by atoms with van der Waals surface area (Å²) in [5.41, 5.74) is 6.92. The number of rotatable bonds is 6. The quantitative estimate of drug-likeness (QED) is 0.740. The van der Waals surface area contributed by atoms with Gasteiger partial charge in [-0.1, -0.05) is 0 Å². The normalized spacial score (nSPS) is 13.1. The van der Waals surface area contributed by atoms with E-state index < -0.39 is 0 Å². The van der Waals surface area contributed by atoms with Crippen molar-refractivity contribution in [3.8, 4) is 0 Å². The first-order chi connectivity index (χ1) is 7.27. The van der Waals surface area contributed by atoms with E-state index in [1.165, 1.54) is 5.56 Å². The molecule has 1 aromatic rings. The molecule has 0 saturated carbocycles. The van der Waals surface area contributed by atoms with Gasteiger partial charge in [0.2, 0.25) is 0 Å². The van der Waals surface area contributed by atoms with Crippen molar-refractivity contribution in [2.75, 3.05) is 27.3 Å². The number of methoxy groups -OCH3 is 1. The fourth-order valence-electron chi connectivity index (χ4n) is 1.47. The van der Waals surface area contributed by atoms with Crippen LogP contribution in [0.4, 0.5) is 0 Å². The predicted molar refractivity (Wildman–Crippen MR) is 60.4 cm³/mol. The number of hydrogen-bond acceptors (Lipinski definition) is 4. The third-order valence-electron chi connectivity index (χ3n) is 2.44. The van der Waals surface area contributed by atoms with Crippen LogP contribution in [0.1, 0.15) is 5.56 Å². The first-order valence-electron chi connectivity index (χ1n) is 5.06. The van der Waals surface area contributed by atoms with Crippen LogP contribution in [0.3, 0.4) is 0 Å². The largest absolute Gasteiger partial charge is 0.383 e. The molecule has 0 bridgehead atoms. The highest BCUT2D eigenvalue weighted by Crippen LogP contribution is 2.04. The highest BCUT2D eigenvalue weighted by atomic mass is 16.5. The van der Waals surface area contributed by atoms with Gasteiger partial charge in [0.15, 0.2) is 0 Å². The van der Waals surface area contributed by atoms with E-state index in [4.69, 9.17) is 10.5 Å². The molecule has 0 aliphatic heterocycles. The molecule has 0 amide bonds. The van der Waals surface area contributed by atoms with Crippen LogP contribution < -0.4 is 5.73 Å². The highest BCUT2D eigenvalue weighted by molar-refractivity contribution is 5.09. The van der Waals surface area contributed by atoms with Gasteiger partial charge in [-0.2, -0.15) is 0 Å². The van der Waals surface area contributed by atoms with Crippen molar-refractivity contribution in [1.29, 1.82) is 0 Å². The van der Waals surface area contributed by atoms with Crippen LogP contribution in [0.15, 0.2) is 24.5 Å². The summed E-state index contributed by atoms with van der Waals surface area (Å²) in [5.74, 6) is 0. The molecule has 4 nitrogen and oxygen atoms in total. The topological polar surface area (TPSA) is 51.4 Å². The van der Waals surface area contributed by atoms with Crippen molar-refractivity contribution in [3.05, 3.63) is 30.1 Å². The Bertz CT molecular complexity index is 266. The first kappa shape index (κ1) is 12.1. The number of nitrogens with two attached hydrogens (primary N) is 1. The van der Waals surface area contributed by atoms with Crippen LogP contribution in [0.25, 0.3) is 0 Å². The Morgan fingerprint density at radius 2 is 2.13 bits per heavy atom. The van der Waals surface area contributed by atoms with Crippen LogP contribution in [0.5, 0.6) is 0 Å². The molecular formula is C11H19N3O. The van der Waals surface area contributed by atoms with E-state index in [9.17, 15) is 0 Å². The molecule has 1 heterocycles. The Hall–Kier alpha value is -0.970. The third kappa shape index (κ3) is 3.95. The zero-order chi connectivity index (χ0) is 11.1. The van der Waals surface area contributed by atoms with E-state index in [1.807, 2.05) is 12.1 Å². The lowest BCUT2D eigenvalue weighted by atomic mass is 10.2. The van der Waals surface area contributed by atoms with Crippen molar-refractivity contribution in [3.63, 3.8) is 0 Å². The minimum absolute atomic E-state index is 0.267. The van der Waals surface area contributed by atoms with Gasteiger partial charge in [0.05, 0.1) is 6.61 Å². The molecule has 0 aliphatic carbocycles. The van der Waals surface area contributed by atoms with Crippen LogP contribution >= 0.6 is 0 Å². The summed E-state index contributed by atoms with van der Waals surface area (Å²) >= 11 is 0. The lowest BCUT2D eigenvalue weighted by Gasteiger charge is -2.26. The fraction of sp³-hybridized carbons (Fsp3) is 0.545. The van der Waals surface area contributed by atoms with E-state index >= 15 is 0 Å². The second kappa shape index (κ2) is 6.50. The zero-order valence-electron chi connectivity index (χ0n) is 9.39. The summed E-state index contributed by atoms with van der Waals surface area (Å²) in [6.07, 6.45) is 3.61. The molecule has 0 saturated heterocycles. The van der Waals surface area contributed by atoms with Gasteiger partial charge in [-0.15, -0.1) is 0 Å². The minimum Gasteiger partial charge on any atom is -0.383 e. The van der Waals surface area contributed by atoms with E-state index in [1.54, 1.807) is 19.5 Å². The number of nitrogens with zero attached hydrogens (tertiary/aromatic N) is 2. The Kier molecular flexibility index (Phi) is 5.25. The van der Waals surface area contributed by atoms with Crippen LogP contribution in [-0.4, -0.2) is 43.2 Å². The number of ether oxygens (including phenoxy) is 1. The average molecular weight is 209 g/mol. The molecule has 0 aromatic carbocycles. The first-order valence-corrected chi connectivity index (χ1v) is 5.06. The molecule has 84 valence electrons. The second-order valence-electron chi connectivity index (χ2n) is 3.62. The van der Waals surface area contributed by atoms with E-state index in [0.717, 1.165) is 6.54 Å². The summed E-state index contributed by atoms with van der Waals surface area (Å²) in [5, 5.41) is 0. The van der Waals surface area contributed by atoms with Gasteiger partial charge in [-0.25, -0.2) is 0 Å². The second-order valence-corrected chi connectivity index (χ2v) is 3.62. The van der Waals surface area contributed by atoms with Gasteiger partial charge >= 0.3 is 0 Å². The van der Waals surface area contributed by atoms with Crippen molar-refractivity contribution in [2.45, 2.75) is 12.6 Å². The van der Waals surface area contributed by atoms with Crippen LogP contribution in [0, 0.1) is 0 Å². The summed E-state index contributed by atoms with van der Waals surface area (Å²) < 4.78 is 5.12. The Labute approximate surface area is 91.1 Å². The summed E-state index contributed by atoms with van der Waals surface area (Å²) in [4.78, 5) is 6.18. The van der Waals surface area contributed by atoms with Gasteiger partial charge in [0, 0.05) is 38.6 Å². The van der Waals surface area contributed by atoms with Crippen molar-refractivity contribution < 1.29 is 4.74 Å². The van der Waals surface area contributed by atoms with Crippen molar-refractivity contribution in [2.24, 2.45) is 5.73 Å². The number of aromatic nitrogens is 1. The van der Waals surface area contributed by atoms with Crippen LogP contribution in [-0.2, 0) is 11.3 Å². The molecular weight excluding hydrogens is 190 g/mol. The van der Waals surface area contributed by atoms with E-state index in [-0.39, 0.29) is 6.04 Å². The van der Waals surface area contributed by atoms with Crippen molar-refractivity contribution >= 4 is 0 Å². The Morgan fingerprint density at radius 1 is 1.47 bits per heavy atom. The maximum absolute atomic E-state index is 5.68. The van der Waals surface area contributed by atoms with Gasteiger partial charge in [-0.05, 0) is 24.7 Å². The zero-order valence-corrected chi connectivity index (χ0v) is 9.39. The third-order valence-corrected chi connectivity index (χ3v) is 2.44. The molecule has 0 spiro atoms. The monoisotopic (exact) mass is 209 g/mol. The molecule has 1 unspecified atom stereocenters. The highest BCUT2D eigenvalue weighted by Gasteiger charge is 2.12. The Morgan fingerprint density at radius 3 is 2.67 bits per heavy atom. The van der Waals surface area contributed by atoms with Gasteiger partial charge in [0.25, 0.3) is 0 Å². The molecule has 1 aromatic heterocycles. The standard InChI is InChI=1S/C11H19N3O/c1-14(11(7-12)9-15-2)8-10-3-5-13-6-4-10/h3-6,11H,7-9,12H2,1-2H3. The van der Waals surface area contributed by atoms with Gasteiger partial charge in [-0.3, -0.25) is 9.88 Å². The molecule has 15 heavy (non-hydrogen) atoms. The summed E-state index contributed by atoms with van der Waals surface area (Å²) in [7, 11) is 3.75. The maximum atomic E-state index is 5.68. The SMILES string of the molecule is COCC(CN)N(C)Cc1ccncc1. The molecule has 4 heteroatoms. The van der Waals surface area contributed by atoms with E-state index in [0.29, 0.717) is 13.2 Å². The predicted octanol–water partition coefficient (Wildman–Crippen LogP) is 0.487. The van der Waals surface area contributed by atoms with Crippen LogP contribution in [0.2, 0.25) is 0 Å². The number of pyridine rings is 1. The molecule has 2 N–H and O–H groups in total. The van der Waals surface area contributed by atoms with E-state index in [2.05, 4.69) is 16.9 Å². The fourth-order valence-corrected chi connectivity index (χ4v) is 1.47. The average Bonchev–Trinajstić information content (AvgIpc) is 2.27. The summed E-state index contributed by atoms with van der Waals surface area (Å²) in [6.45, 7) is 2.14. The van der Waals surface area contributed by atoms with Gasteiger partial charge in [0.1, 0.15) is 0 Å². The molecule has 1 atom stereocenters. The smallest absolute Gasteiger partial charge is 0.0630 e. The molecule has 0 fully saturated rings. The molecule has 0 aliphatic rings. The van der Waals surface area contributed by atoms with Gasteiger partial charge < -0.3 is 10.5 Å². The summed E-state index contributed by atoms with van der Waals surface area (Å²) in [6, 6.07) is 4.29. The maximum Gasteiger partial charge on any atom is 0.0630 e. The lowest BCUT2D eigenvalue weighted by Crippen LogP contribution is -2.40. The lowest BCUT2D eigenvalue weighted by molar-refractivity contribution is 0.106. The molecule has 1 rings (SSSR count).